The van der Waals surface area contributed by atoms with Gasteiger partial charge in [-0.3, -0.25) is 0 Å². The third-order valence-corrected chi connectivity index (χ3v) is 2.40. The summed E-state index contributed by atoms with van der Waals surface area (Å²) in [5.74, 6) is 1.48. The maximum absolute atomic E-state index is 4.81. The van der Waals surface area contributed by atoms with Crippen LogP contribution in [-0.4, -0.2) is 23.2 Å². The lowest BCUT2D eigenvalue weighted by Crippen LogP contribution is -2.11. The lowest BCUT2D eigenvalue weighted by molar-refractivity contribution is 0.386. The van der Waals surface area contributed by atoms with Crippen molar-refractivity contribution in [2.24, 2.45) is 5.92 Å². The Labute approximate surface area is 78.9 Å². The first-order valence-electron chi connectivity index (χ1n) is 4.03. The molecular formula is C7H10BrN3O. The van der Waals surface area contributed by atoms with E-state index in [1.165, 1.54) is 6.42 Å². The van der Waals surface area contributed by atoms with Crippen molar-refractivity contribution >= 4 is 15.9 Å². The van der Waals surface area contributed by atoms with Crippen LogP contribution in [0, 0.1) is 5.92 Å². The molecule has 1 atom stereocenters. The highest BCUT2D eigenvalue weighted by atomic mass is 79.9. The zero-order valence-electron chi connectivity index (χ0n) is 6.59. The Morgan fingerprint density at radius 1 is 1.67 bits per heavy atom. The highest BCUT2D eigenvalue weighted by Gasteiger charge is 2.17. The smallest absolute Gasteiger partial charge is 0.293 e. The highest BCUT2D eigenvalue weighted by molar-refractivity contribution is 9.10. The predicted octanol–water partition coefficient (Wildman–Crippen LogP) is 0.984. The predicted molar refractivity (Wildman–Crippen MR) is 46.7 cm³/mol. The molecule has 2 heterocycles. The van der Waals surface area contributed by atoms with Gasteiger partial charge in [-0.15, -0.1) is 0 Å². The number of nitrogens with zero attached hydrogens (tertiary/aromatic N) is 2. The molecule has 0 spiro atoms. The third-order valence-electron chi connectivity index (χ3n) is 2.08. The molecule has 1 aromatic heterocycles. The average molecular weight is 232 g/mol. The Kier molecular flexibility index (Phi) is 2.41. The fourth-order valence-corrected chi connectivity index (χ4v) is 1.74. The number of rotatable bonds is 2. The molecule has 2 rings (SSSR count). The van der Waals surface area contributed by atoms with E-state index in [1.54, 1.807) is 0 Å². The van der Waals surface area contributed by atoms with Gasteiger partial charge in [-0.1, -0.05) is 5.16 Å². The van der Waals surface area contributed by atoms with Crippen molar-refractivity contribution in [1.82, 2.24) is 15.5 Å². The Bertz CT molecular complexity index is 257. The third kappa shape index (κ3) is 1.84. The monoisotopic (exact) mass is 231 g/mol. The van der Waals surface area contributed by atoms with Gasteiger partial charge in [0.15, 0.2) is 5.82 Å². The summed E-state index contributed by atoms with van der Waals surface area (Å²) in [6, 6.07) is 0. The normalized spacial score (nSPS) is 23.2. The first-order chi connectivity index (χ1) is 5.84. The maximum Gasteiger partial charge on any atom is 0.293 e. The van der Waals surface area contributed by atoms with Gasteiger partial charge >= 0.3 is 0 Å². The van der Waals surface area contributed by atoms with E-state index in [0.29, 0.717) is 10.7 Å². The second-order valence-corrected chi connectivity index (χ2v) is 3.70. The lowest BCUT2D eigenvalue weighted by atomic mass is 10.1. The van der Waals surface area contributed by atoms with Gasteiger partial charge in [0.25, 0.3) is 4.80 Å². The lowest BCUT2D eigenvalue weighted by Gasteiger charge is -2.01. The van der Waals surface area contributed by atoms with Crippen molar-refractivity contribution in [1.29, 1.82) is 0 Å². The largest absolute Gasteiger partial charge is 0.327 e. The van der Waals surface area contributed by atoms with Crippen LogP contribution in [0.15, 0.2) is 9.32 Å². The molecule has 0 radical (unpaired) electrons. The zero-order chi connectivity index (χ0) is 8.39. The van der Waals surface area contributed by atoms with Crippen LogP contribution in [-0.2, 0) is 6.42 Å². The first-order valence-corrected chi connectivity index (χ1v) is 4.82. The molecule has 1 aliphatic rings. The highest BCUT2D eigenvalue weighted by Crippen LogP contribution is 2.14. The zero-order valence-corrected chi connectivity index (χ0v) is 8.17. The van der Waals surface area contributed by atoms with Crippen LogP contribution in [0.5, 0.6) is 0 Å². The number of hydrogen-bond donors (Lipinski definition) is 1. The SMILES string of the molecule is Brc1nc(CC2CCNC2)no1. The van der Waals surface area contributed by atoms with Gasteiger partial charge in [0.2, 0.25) is 0 Å². The van der Waals surface area contributed by atoms with Crippen LogP contribution >= 0.6 is 15.9 Å². The summed E-state index contributed by atoms with van der Waals surface area (Å²) >= 11 is 3.13. The number of hydrogen-bond acceptors (Lipinski definition) is 4. The Morgan fingerprint density at radius 2 is 2.58 bits per heavy atom. The fraction of sp³-hybridized carbons (Fsp3) is 0.714. The topological polar surface area (TPSA) is 51.0 Å². The molecule has 66 valence electrons. The van der Waals surface area contributed by atoms with Crippen LogP contribution in [0.4, 0.5) is 0 Å². The van der Waals surface area contributed by atoms with Gasteiger partial charge in [0.1, 0.15) is 0 Å². The van der Waals surface area contributed by atoms with Crippen LogP contribution < -0.4 is 5.32 Å². The molecule has 0 aromatic carbocycles. The first kappa shape index (κ1) is 8.19. The van der Waals surface area contributed by atoms with Crippen molar-refractivity contribution in [3.8, 4) is 0 Å². The van der Waals surface area contributed by atoms with E-state index < -0.39 is 0 Å². The van der Waals surface area contributed by atoms with Crippen molar-refractivity contribution in [3.05, 3.63) is 10.6 Å². The van der Waals surface area contributed by atoms with Crippen LogP contribution in [0.2, 0.25) is 0 Å². The Balaban J connectivity index is 1.94. The molecule has 12 heavy (non-hydrogen) atoms. The second-order valence-electron chi connectivity index (χ2n) is 3.03. The molecule has 1 fully saturated rings. The van der Waals surface area contributed by atoms with Gasteiger partial charge in [0, 0.05) is 22.4 Å². The summed E-state index contributed by atoms with van der Waals surface area (Å²) in [4.78, 5) is 4.56. The van der Waals surface area contributed by atoms with E-state index in [9.17, 15) is 0 Å². The average Bonchev–Trinajstić information content (AvgIpc) is 2.63. The van der Waals surface area contributed by atoms with Gasteiger partial charge < -0.3 is 9.84 Å². The van der Waals surface area contributed by atoms with Crippen LogP contribution in [0.3, 0.4) is 0 Å². The number of halogens is 1. The van der Waals surface area contributed by atoms with Crippen LogP contribution in [0.1, 0.15) is 12.2 Å². The minimum absolute atomic E-state index is 0.475. The van der Waals surface area contributed by atoms with E-state index in [2.05, 4.69) is 31.4 Å². The summed E-state index contributed by atoms with van der Waals surface area (Å²) in [5, 5.41) is 7.12. The molecule has 1 saturated heterocycles. The standard InChI is InChI=1S/C7H10BrN3O/c8-7-10-6(11-12-7)3-5-1-2-9-4-5/h5,9H,1-4H2. The molecule has 1 aliphatic heterocycles. The molecule has 4 nitrogen and oxygen atoms in total. The summed E-state index contributed by atoms with van der Waals surface area (Å²) in [6.45, 7) is 2.19. The molecule has 1 unspecified atom stereocenters. The molecule has 0 bridgehead atoms. The van der Waals surface area contributed by atoms with E-state index in [1.807, 2.05) is 0 Å². The molecule has 0 aliphatic carbocycles. The number of aromatic nitrogens is 2. The second kappa shape index (κ2) is 3.53. The summed E-state index contributed by atoms with van der Waals surface area (Å²) in [5.41, 5.74) is 0. The van der Waals surface area contributed by atoms with Gasteiger partial charge in [-0.05, 0) is 25.4 Å². The van der Waals surface area contributed by atoms with Crippen LogP contribution in [0.25, 0.3) is 0 Å². The Hall–Kier alpha value is -0.420. The van der Waals surface area contributed by atoms with Crippen molar-refractivity contribution in [3.63, 3.8) is 0 Å². The van der Waals surface area contributed by atoms with E-state index in [-0.39, 0.29) is 0 Å². The van der Waals surface area contributed by atoms with E-state index >= 15 is 0 Å². The molecule has 0 amide bonds. The quantitative estimate of drug-likeness (QED) is 0.825. The Morgan fingerprint density at radius 3 is 3.17 bits per heavy atom. The minimum Gasteiger partial charge on any atom is -0.327 e. The number of nitrogens with one attached hydrogen (secondary N) is 1. The summed E-state index contributed by atoms with van der Waals surface area (Å²) in [7, 11) is 0. The van der Waals surface area contributed by atoms with Crippen molar-refractivity contribution < 1.29 is 4.52 Å². The van der Waals surface area contributed by atoms with Crippen molar-refractivity contribution in [2.75, 3.05) is 13.1 Å². The minimum atomic E-state index is 0.475. The van der Waals surface area contributed by atoms with E-state index in [4.69, 9.17) is 4.52 Å². The van der Waals surface area contributed by atoms with Crippen molar-refractivity contribution in [2.45, 2.75) is 12.8 Å². The molecule has 1 aromatic rings. The van der Waals surface area contributed by atoms with Gasteiger partial charge in [-0.25, -0.2) is 0 Å². The van der Waals surface area contributed by atoms with Gasteiger partial charge in [-0.2, -0.15) is 4.98 Å². The molecular weight excluding hydrogens is 222 g/mol. The summed E-state index contributed by atoms with van der Waals surface area (Å²) in [6.07, 6.45) is 2.13. The summed E-state index contributed by atoms with van der Waals surface area (Å²) < 4.78 is 4.81. The fourth-order valence-electron chi connectivity index (χ4n) is 1.46. The molecule has 5 heteroatoms. The maximum atomic E-state index is 4.81. The molecule has 0 saturated carbocycles. The van der Waals surface area contributed by atoms with Gasteiger partial charge in [0.05, 0.1) is 0 Å². The van der Waals surface area contributed by atoms with E-state index in [0.717, 1.165) is 25.3 Å². The molecule has 1 N–H and O–H groups in total.